The van der Waals surface area contributed by atoms with Gasteiger partial charge in [0.1, 0.15) is 17.2 Å². The van der Waals surface area contributed by atoms with E-state index in [0.717, 1.165) is 32.8 Å². The first-order chi connectivity index (χ1) is 34.3. The number of alkyl halides is 6. The summed E-state index contributed by atoms with van der Waals surface area (Å²) in [6.45, 7) is 2.74. The second kappa shape index (κ2) is 33.3. The predicted octanol–water partition coefficient (Wildman–Crippen LogP) is 1.54. The van der Waals surface area contributed by atoms with Crippen LogP contribution in [0.5, 0.6) is 17.2 Å². The van der Waals surface area contributed by atoms with E-state index in [0.29, 0.717) is 25.5 Å². The molecular formula is C54H47F6I3NO8Y3+3. The van der Waals surface area contributed by atoms with Gasteiger partial charge in [-0.25, -0.2) is 4.79 Å². The number of hydrogen-bond acceptors (Lipinski definition) is 8. The first-order valence-electron chi connectivity index (χ1n) is 21.4. The quantitative estimate of drug-likeness (QED) is 0.0360. The Morgan fingerprint density at radius 2 is 1.08 bits per heavy atom. The molecule has 0 spiro atoms. The number of terminal acetylenes is 1. The first-order valence-corrected chi connectivity index (χ1v) is 27.9. The third-order valence-electron chi connectivity index (χ3n) is 10.2. The molecule has 9 nitrogen and oxygen atoms in total. The van der Waals surface area contributed by atoms with Crippen molar-refractivity contribution in [1.82, 2.24) is 5.06 Å². The van der Waals surface area contributed by atoms with Gasteiger partial charge in [-0.15, -0.1) is 18.1 Å². The Balaban J connectivity index is 0.000000390. The third-order valence-corrected chi connectivity index (χ3v) is 18.3. The van der Waals surface area contributed by atoms with Crippen molar-refractivity contribution in [2.45, 2.75) is 37.5 Å². The number of rotatable bonds is 16. The third kappa shape index (κ3) is 20.1. The van der Waals surface area contributed by atoms with Gasteiger partial charge in [0, 0.05) is 128 Å². The molecule has 0 N–H and O–H groups in total. The number of carbonyl (C=O) groups excluding carboxylic acids is 3. The number of benzene rings is 6. The molecule has 0 unspecified atom stereocenters. The summed E-state index contributed by atoms with van der Waals surface area (Å²) in [4.78, 5) is 40.2. The monoisotopic (exact) mass is 1600 g/mol. The molecule has 0 saturated carbocycles. The number of amides is 2. The van der Waals surface area contributed by atoms with Crippen LogP contribution in [-0.4, -0.2) is 69.7 Å². The summed E-state index contributed by atoms with van der Waals surface area (Å²) in [5, 5.41) is 0.563. The normalized spacial score (nSPS) is 11.9. The number of carbonyl (C=O) groups is 3. The molecule has 0 atom stereocenters. The molecule has 6 aromatic carbocycles. The maximum Gasteiger partial charge on any atom is 0.409 e. The van der Waals surface area contributed by atoms with Gasteiger partial charge in [0.15, 0.2) is 21.4 Å². The van der Waals surface area contributed by atoms with Crippen molar-refractivity contribution < 1.29 is 226 Å². The molecule has 1 heterocycles. The van der Waals surface area contributed by atoms with Crippen molar-refractivity contribution in [3.8, 4) is 29.6 Å². The summed E-state index contributed by atoms with van der Waals surface area (Å²) in [5.41, 5.74) is -3.40. The molecule has 75 heavy (non-hydrogen) atoms. The van der Waals surface area contributed by atoms with E-state index in [9.17, 15) is 40.7 Å². The second-order valence-electron chi connectivity index (χ2n) is 15.1. The summed E-state index contributed by atoms with van der Waals surface area (Å²) in [5.74, 6) is 3.20. The molecule has 0 aromatic heterocycles. The van der Waals surface area contributed by atoms with Crippen molar-refractivity contribution in [3.63, 3.8) is 0 Å². The largest absolute Gasteiger partial charge is 0.497 e. The zero-order chi connectivity index (χ0) is 52.5. The average molecular weight is 1600 g/mol. The van der Waals surface area contributed by atoms with Crippen LogP contribution in [0.2, 0.25) is 0 Å². The maximum atomic E-state index is 14.1. The number of hydroxylamine groups is 2. The van der Waals surface area contributed by atoms with Gasteiger partial charge in [0.25, 0.3) is 11.8 Å². The number of imide groups is 1. The number of hydrogen-bond donors (Lipinski definition) is 0. The van der Waals surface area contributed by atoms with Gasteiger partial charge in [0.2, 0.25) is 5.41 Å². The second-order valence-corrected chi connectivity index (χ2v) is 24.1. The fourth-order valence-electron chi connectivity index (χ4n) is 6.40. The van der Waals surface area contributed by atoms with Crippen molar-refractivity contribution in [2.24, 2.45) is 0 Å². The first kappa shape index (κ1) is 68.8. The van der Waals surface area contributed by atoms with Gasteiger partial charge in [0.05, 0.1) is 40.1 Å². The fraction of sp³-hybridized carbons (Fsp3) is 0.204. The molecule has 3 radical (unpaired) electrons. The molecule has 21 heteroatoms. The average Bonchev–Trinajstić information content (AvgIpc) is 3.68. The van der Waals surface area contributed by atoms with Crippen LogP contribution in [-0.2, 0) is 123 Å². The Bertz CT molecular complexity index is 2810. The zero-order valence-corrected chi connectivity index (χ0v) is 55.8. The number of nitrogens with zero attached hydrogens (tertiary/aromatic N) is 1. The van der Waals surface area contributed by atoms with E-state index in [2.05, 4.69) is 36.8 Å². The minimum absolute atomic E-state index is 0. The molecular weight excluding hydrogens is 1550 g/mol. The van der Waals surface area contributed by atoms with E-state index < -0.39 is 96.7 Å². The van der Waals surface area contributed by atoms with Crippen LogP contribution < -0.4 is 77.8 Å². The van der Waals surface area contributed by atoms with Gasteiger partial charge < -0.3 is 23.8 Å². The Morgan fingerprint density at radius 3 is 1.51 bits per heavy atom. The van der Waals surface area contributed by atoms with Crippen LogP contribution in [0.4, 0.5) is 26.3 Å². The molecule has 6 aromatic rings. The number of halogens is 9. The SMILES string of the molecule is C#Cc1ccc([I+]c2ccc(OC)cc2)cc1.C=CCOCC(c1cc(C)ccc1[I+]c1ccc(OC)cc1)(C(F)(F)F)C(F)(F)F.COc1ccc([I+]c2cccc(C(=O)ON3C(=O)CCC3=O)c2)cc1.[Y].[Y].[Y]. The summed E-state index contributed by atoms with van der Waals surface area (Å²) >= 11 is -1.95. The van der Waals surface area contributed by atoms with Gasteiger partial charge >= 0.3 is 81.9 Å². The molecule has 1 fully saturated rings. The molecule has 2 amide bonds. The minimum Gasteiger partial charge on any atom is -0.497 e. The van der Waals surface area contributed by atoms with Crippen molar-refractivity contribution >= 4 is 17.8 Å². The van der Waals surface area contributed by atoms with Gasteiger partial charge in [-0.3, -0.25) is 9.59 Å². The van der Waals surface area contributed by atoms with Crippen LogP contribution >= 0.6 is 0 Å². The Labute approximate surface area is 539 Å². The van der Waals surface area contributed by atoms with Crippen LogP contribution in [0.3, 0.4) is 0 Å². The van der Waals surface area contributed by atoms with E-state index in [-0.39, 0.29) is 136 Å². The summed E-state index contributed by atoms with van der Waals surface area (Å²) in [6.07, 6.45) is -4.63. The van der Waals surface area contributed by atoms with Crippen LogP contribution in [0.15, 0.2) is 152 Å². The van der Waals surface area contributed by atoms with Crippen molar-refractivity contribution in [3.05, 3.63) is 196 Å². The number of ether oxygens (including phenoxy) is 4. The van der Waals surface area contributed by atoms with E-state index in [1.807, 2.05) is 54.6 Å². The molecule has 1 aliphatic rings. The van der Waals surface area contributed by atoms with Gasteiger partial charge in [-0.2, -0.15) is 26.3 Å². The molecule has 0 aliphatic carbocycles. The van der Waals surface area contributed by atoms with E-state index in [4.69, 9.17) is 30.2 Å². The van der Waals surface area contributed by atoms with Crippen molar-refractivity contribution in [1.29, 1.82) is 0 Å². The van der Waals surface area contributed by atoms with E-state index in [1.165, 1.54) is 36.9 Å². The van der Waals surface area contributed by atoms with E-state index in [1.54, 1.807) is 56.7 Å². The van der Waals surface area contributed by atoms with Crippen LogP contribution in [0.25, 0.3) is 0 Å². The number of methoxy groups -OCH3 is 3. The van der Waals surface area contributed by atoms with Crippen molar-refractivity contribution in [2.75, 3.05) is 34.5 Å². The smallest absolute Gasteiger partial charge is 0.409 e. The summed E-state index contributed by atoms with van der Waals surface area (Å²) in [7, 11) is 4.77. The van der Waals surface area contributed by atoms with Gasteiger partial charge in [-0.05, 0) is 122 Å². The Hall–Kier alpha value is -2.33. The van der Waals surface area contributed by atoms with Crippen LogP contribution in [0, 0.1) is 40.7 Å². The summed E-state index contributed by atoms with van der Waals surface area (Å²) < 4.78 is 110. The topological polar surface area (TPSA) is 101 Å². The Morgan fingerprint density at radius 1 is 0.640 bits per heavy atom. The van der Waals surface area contributed by atoms with E-state index >= 15 is 0 Å². The van der Waals surface area contributed by atoms with Gasteiger partial charge in [-0.1, -0.05) is 35.8 Å². The standard InChI is InChI=1S/C21H20F6IO2.C18H15INO5.C15H12IO.3Y/c1-4-11-30-13-19(20(22,23)24,21(25,26)27)17-12-14(2)5-10-18(17)28-15-6-8-16(29-3)9-7-15;1-24-15-7-5-13(6-8-15)19-14-4-2-3-12(11-14)18(23)25-20-16(21)9-10-17(20)22;1-3-12-4-6-13(7-5-12)16-14-8-10-15(17-2)11-9-14;;;/h4-10,12H,1,11,13H2,2-3H3;2-8,11H,9-10H2,1H3;1,4-11H,2H3;;;/q3*+1;;;. The molecule has 1 aliphatic heterocycles. The molecule has 7 rings (SSSR count). The number of aryl methyl sites for hydroxylation is 1. The molecule has 385 valence electrons. The zero-order valence-electron chi connectivity index (χ0n) is 40.8. The Kier molecular flexibility index (Phi) is 30.5. The fourth-order valence-corrected chi connectivity index (χ4v) is 13.5. The molecule has 0 bridgehead atoms. The maximum absolute atomic E-state index is 14.1. The molecule has 1 saturated heterocycles. The van der Waals surface area contributed by atoms with Crippen LogP contribution in [0.1, 0.15) is 39.9 Å². The minimum atomic E-state index is -5.61. The summed E-state index contributed by atoms with van der Waals surface area (Å²) in [6, 6.07) is 41.7. The predicted molar refractivity (Wildman–Crippen MR) is 244 cm³/mol.